The van der Waals surface area contributed by atoms with E-state index in [1.165, 1.54) is 25.6 Å². The van der Waals surface area contributed by atoms with E-state index in [0.29, 0.717) is 0 Å². The number of aryl methyl sites for hydroxylation is 1. The summed E-state index contributed by atoms with van der Waals surface area (Å²) in [5.41, 5.74) is -1.72. The van der Waals surface area contributed by atoms with Gasteiger partial charge in [0.25, 0.3) is 5.56 Å². The lowest BCUT2D eigenvalue weighted by Gasteiger charge is -2.19. The highest BCUT2D eigenvalue weighted by Gasteiger charge is 2.46. The highest BCUT2D eigenvalue weighted by Crippen LogP contribution is 2.45. The summed E-state index contributed by atoms with van der Waals surface area (Å²) in [6.07, 6.45) is -2.04. The van der Waals surface area contributed by atoms with Crippen molar-refractivity contribution in [3.05, 3.63) is 45.4 Å². The minimum atomic E-state index is -4.32. The van der Waals surface area contributed by atoms with Gasteiger partial charge in [0.15, 0.2) is 11.9 Å². The minimum absolute atomic E-state index is 0.0231. The maximum atomic E-state index is 12.4. The Hall–Kier alpha value is -2.61. The first-order valence-electron chi connectivity index (χ1n) is 8.38. The second-order valence-corrected chi connectivity index (χ2v) is 8.05. The third-order valence-electron chi connectivity index (χ3n) is 4.59. The molecule has 14 nitrogen and oxygen atoms in total. The topological polar surface area (TPSA) is 198 Å². The lowest BCUT2D eigenvalue weighted by atomic mass is 10.1. The highest BCUT2D eigenvalue weighted by atomic mass is 31.2. The largest absolute Gasteiger partial charge is 0.437 e. The highest BCUT2D eigenvalue weighted by molar-refractivity contribution is 7.51. The van der Waals surface area contributed by atoms with Gasteiger partial charge in [-0.2, -0.15) is 0 Å². The van der Waals surface area contributed by atoms with Crippen molar-refractivity contribution in [3.63, 3.8) is 0 Å². The maximum absolute atomic E-state index is 12.4. The lowest BCUT2D eigenvalue weighted by molar-refractivity contribution is -0.0506. The molecule has 156 valence electrons. The van der Waals surface area contributed by atoms with Crippen molar-refractivity contribution in [1.82, 2.24) is 28.8 Å². The predicted molar refractivity (Wildman–Crippen MR) is 95.0 cm³/mol. The van der Waals surface area contributed by atoms with Gasteiger partial charge in [0.1, 0.15) is 29.7 Å². The molecule has 0 aliphatic carbocycles. The molecular formula is C14H17N6O8P. The summed E-state index contributed by atoms with van der Waals surface area (Å²) >= 11 is 0. The molecule has 1 unspecified atom stereocenters. The Morgan fingerprint density at radius 3 is 2.76 bits per heavy atom. The normalized spacial score (nSPS) is 26.8. The molecule has 0 bridgehead atoms. The van der Waals surface area contributed by atoms with Crippen molar-refractivity contribution in [1.29, 1.82) is 0 Å². The quantitative estimate of drug-likeness (QED) is 0.289. The second kappa shape index (κ2) is 7.02. The number of nitrogens with one attached hydrogen (secondary N) is 2. The van der Waals surface area contributed by atoms with Crippen LogP contribution >= 0.6 is 7.75 Å². The van der Waals surface area contributed by atoms with E-state index in [-0.39, 0.29) is 17.0 Å². The van der Waals surface area contributed by atoms with Gasteiger partial charge in [-0.1, -0.05) is 0 Å². The van der Waals surface area contributed by atoms with Gasteiger partial charge in [-0.05, 0) is 6.92 Å². The molecule has 4 heterocycles. The van der Waals surface area contributed by atoms with Gasteiger partial charge in [-0.15, -0.1) is 0 Å². The van der Waals surface area contributed by atoms with Crippen LogP contribution in [0, 0.1) is 6.92 Å². The molecule has 3 aromatic rings. The summed E-state index contributed by atoms with van der Waals surface area (Å²) in [5.74, 6) is 0.238. The zero-order valence-corrected chi connectivity index (χ0v) is 15.8. The Morgan fingerprint density at radius 2 is 2.07 bits per heavy atom. The molecule has 5 atom stereocenters. The van der Waals surface area contributed by atoms with E-state index < -0.39 is 50.1 Å². The van der Waals surface area contributed by atoms with Crippen LogP contribution in [0.25, 0.3) is 11.2 Å². The minimum Gasteiger partial charge on any atom is -0.387 e. The number of nitrogens with zero attached hydrogens (tertiary/aromatic N) is 4. The molecular weight excluding hydrogens is 411 g/mol. The van der Waals surface area contributed by atoms with Crippen LogP contribution in [0.2, 0.25) is 0 Å². The fourth-order valence-electron chi connectivity index (χ4n) is 3.14. The van der Waals surface area contributed by atoms with Gasteiger partial charge < -0.3 is 24.8 Å². The van der Waals surface area contributed by atoms with E-state index in [1.807, 2.05) is 0 Å². The first-order chi connectivity index (χ1) is 13.7. The lowest BCUT2D eigenvalue weighted by Crippen LogP contribution is -2.38. The number of aliphatic hydroxyl groups excluding tert-OH is 2. The monoisotopic (exact) mass is 428 g/mol. The van der Waals surface area contributed by atoms with Crippen molar-refractivity contribution in [2.45, 2.75) is 31.5 Å². The first kappa shape index (κ1) is 19.7. The zero-order valence-electron chi connectivity index (χ0n) is 14.9. The number of ether oxygens (including phenoxy) is 1. The summed E-state index contributed by atoms with van der Waals surface area (Å²) in [7, 11) is -4.32. The van der Waals surface area contributed by atoms with Crippen molar-refractivity contribution in [2.24, 2.45) is 0 Å². The van der Waals surface area contributed by atoms with Gasteiger partial charge >= 0.3 is 13.4 Å². The average Bonchev–Trinajstić information content (AvgIpc) is 3.36. The number of aromatic nitrogens is 6. The molecule has 1 aliphatic rings. The fourth-order valence-corrected chi connectivity index (χ4v) is 4.25. The molecule has 1 fully saturated rings. The van der Waals surface area contributed by atoms with Crippen molar-refractivity contribution in [3.8, 4) is 0 Å². The number of aromatic amines is 2. The Labute approximate surface area is 161 Å². The number of fused-ring (bicyclic) bond motifs is 1. The van der Waals surface area contributed by atoms with E-state index in [0.717, 1.165) is 8.90 Å². The summed E-state index contributed by atoms with van der Waals surface area (Å²) in [6.45, 7) is 0.937. The fraction of sp³-hybridized carbons (Fsp3) is 0.429. The third-order valence-corrected chi connectivity index (χ3v) is 6.04. The standard InChI is InChI=1S/C14H17N6O8P/c1-6-15-2-3-19(6)29(25,26)27-4-7-9(21)10(22)13(28-7)20-11-8(16-5-17-11)12(23)18-14(20)24/h2-3,5,7,9-10,13,21-22H,4H2,1H3,(H,16,17)(H,25,26)(H,18,23,24)/t7-,9-,10-,13-/m1/s1. The molecule has 29 heavy (non-hydrogen) atoms. The number of imidazole rings is 2. The van der Waals surface area contributed by atoms with Crippen LogP contribution in [0.5, 0.6) is 0 Å². The maximum Gasteiger partial charge on any atom is 0.437 e. The van der Waals surface area contributed by atoms with E-state index in [1.54, 1.807) is 0 Å². The molecule has 4 rings (SSSR count). The van der Waals surface area contributed by atoms with E-state index in [2.05, 4.69) is 19.9 Å². The number of rotatable bonds is 5. The van der Waals surface area contributed by atoms with Gasteiger partial charge in [-0.25, -0.2) is 28.2 Å². The molecule has 3 aromatic heterocycles. The number of hydrogen-bond acceptors (Lipinski definition) is 9. The summed E-state index contributed by atoms with van der Waals surface area (Å²) in [4.78, 5) is 46.5. The Morgan fingerprint density at radius 1 is 1.31 bits per heavy atom. The number of H-pyrrole nitrogens is 2. The summed E-state index contributed by atoms with van der Waals surface area (Å²) in [6, 6.07) is 0. The van der Waals surface area contributed by atoms with Gasteiger partial charge in [-0.3, -0.25) is 14.3 Å². The molecule has 1 aliphatic heterocycles. The van der Waals surface area contributed by atoms with Crippen LogP contribution in [0.4, 0.5) is 0 Å². The Bertz CT molecular complexity index is 1210. The Kier molecular flexibility index (Phi) is 4.77. The van der Waals surface area contributed by atoms with Crippen LogP contribution in [0.15, 0.2) is 28.3 Å². The second-order valence-electron chi connectivity index (χ2n) is 6.38. The van der Waals surface area contributed by atoms with Crippen LogP contribution < -0.4 is 11.2 Å². The van der Waals surface area contributed by atoms with Gasteiger partial charge in [0, 0.05) is 12.4 Å². The average molecular weight is 428 g/mol. The smallest absolute Gasteiger partial charge is 0.387 e. The first-order valence-corrected chi connectivity index (χ1v) is 9.91. The molecule has 0 radical (unpaired) electrons. The number of hydrogen-bond donors (Lipinski definition) is 5. The Balaban J connectivity index is 1.59. The van der Waals surface area contributed by atoms with Crippen LogP contribution in [0.3, 0.4) is 0 Å². The SMILES string of the molecule is Cc1nccn1P(=O)(O)OC[C@H]1O[C@@H](n2c(=O)[nH]c(=O)c3[nH]cnc32)[C@H](O)[C@@H]1O. The summed E-state index contributed by atoms with van der Waals surface area (Å²) < 4.78 is 24.7. The van der Waals surface area contributed by atoms with Crippen LogP contribution in [-0.2, 0) is 13.8 Å². The third kappa shape index (κ3) is 3.25. The predicted octanol–water partition coefficient (Wildman–Crippen LogP) is -1.80. The molecule has 1 saturated heterocycles. The van der Waals surface area contributed by atoms with Crippen molar-refractivity contribution < 1.29 is 28.9 Å². The van der Waals surface area contributed by atoms with E-state index >= 15 is 0 Å². The molecule has 15 heteroatoms. The number of aliphatic hydroxyl groups is 2. The molecule has 0 spiro atoms. The van der Waals surface area contributed by atoms with Crippen LogP contribution in [0.1, 0.15) is 12.1 Å². The van der Waals surface area contributed by atoms with Gasteiger partial charge in [0.05, 0.1) is 12.9 Å². The van der Waals surface area contributed by atoms with Crippen molar-refractivity contribution in [2.75, 3.05) is 6.61 Å². The molecule has 5 N–H and O–H groups in total. The summed E-state index contributed by atoms with van der Waals surface area (Å²) in [5, 5.41) is 20.6. The van der Waals surface area contributed by atoms with E-state index in [4.69, 9.17) is 9.26 Å². The molecule has 0 aromatic carbocycles. The zero-order chi connectivity index (χ0) is 20.9. The van der Waals surface area contributed by atoms with E-state index in [9.17, 15) is 29.3 Å². The van der Waals surface area contributed by atoms with Gasteiger partial charge in [0.2, 0.25) is 0 Å². The van der Waals surface area contributed by atoms with Crippen molar-refractivity contribution >= 4 is 18.9 Å². The van der Waals surface area contributed by atoms with Crippen LogP contribution in [-0.4, -0.2) is 68.9 Å². The molecule has 0 saturated carbocycles. The molecule has 0 amide bonds.